The molecule has 1 aliphatic carbocycles. The van der Waals surface area contributed by atoms with E-state index >= 15 is 0 Å². The van der Waals surface area contributed by atoms with Crippen LogP contribution in [0.1, 0.15) is 33.1 Å². The zero-order valence-electron chi connectivity index (χ0n) is 15.2. The Balaban J connectivity index is 1.99. The number of nitrogens with zero attached hydrogens (tertiary/aromatic N) is 4. The summed E-state index contributed by atoms with van der Waals surface area (Å²) in [6.45, 7) is 5.02. The molecule has 1 fully saturated rings. The van der Waals surface area contributed by atoms with Gasteiger partial charge in [-0.1, -0.05) is 11.9 Å². The van der Waals surface area contributed by atoms with Crippen LogP contribution in [0.2, 0.25) is 0 Å². The Morgan fingerprint density at radius 1 is 1.52 bits per heavy atom. The van der Waals surface area contributed by atoms with Crippen LogP contribution in [0.5, 0.6) is 0 Å². The minimum absolute atomic E-state index is 0.0585. The molecular weight excluding hydrogens is 334 g/mol. The SMILES string of the molecule is CCN(C(=O)CCN(C)SC1CC1)/C(C=Nc1cccnc1)=C(\C)N. The van der Waals surface area contributed by atoms with Gasteiger partial charge in [0, 0.05) is 36.7 Å². The number of rotatable bonds is 9. The van der Waals surface area contributed by atoms with E-state index in [1.165, 1.54) is 12.8 Å². The number of aliphatic imine (C=N–C) groups is 1. The number of nitrogens with two attached hydrogens (primary N) is 1. The van der Waals surface area contributed by atoms with Gasteiger partial charge in [-0.15, -0.1) is 0 Å². The normalized spacial score (nSPS) is 15.5. The third-order valence-corrected chi connectivity index (χ3v) is 5.10. The first-order valence-electron chi connectivity index (χ1n) is 8.60. The fourth-order valence-electron chi connectivity index (χ4n) is 2.30. The van der Waals surface area contributed by atoms with E-state index in [1.54, 1.807) is 30.4 Å². The lowest BCUT2D eigenvalue weighted by Gasteiger charge is -2.24. The van der Waals surface area contributed by atoms with E-state index in [9.17, 15) is 4.79 Å². The van der Waals surface area contributed by atoms with Crippen LogP contribution in [0.15, 0.2) is 40.9 Å². The number of hydrogen-bond donors (Lipinski definition) is 1. The second kappa shape index (κ2) is 9.58. The fraction of sp³-hybridized carbons (Fsp3) is 0.500. The third kappa shape index (κ3) is 6.51. The largest absolute Gasteiger partial charge is 0.401 e. The highest BCUT2D eigenvalue weighted by atomic mass is 32.2. The zero-order chi connectivity index (χ0) is 18.2. The van der Waals surface area contributed by atoms with Crippen molar-refractivity contribution in [1.82, 2.24) is 14.2 Å². The molecule has 1 amide bonds. The molecule has 0 atom stereocenters. The molecule has 1 saturated carbocycles. The number of carbonyl (C=O) groups is 1. The van der Waals surface area contributed by atoms with Crippen LogP contribution in [0.4, 0.5) is 5.69 Å². The summed E-state index contributed by atoms with van der Waals surface area (Å²) in [5.41, 5.74) is 7.96. The molecule has 0 radical (unpaired) electrons. The maximum Gasteiger partial charge on any atom is 0.228 e. The molecule has 0 spiro atoms. The number of carbonyl (C=O) groups excluding carboxylic acids is 1. The van der Waals surface area contributed by atoms with Crippen molar-refractivity contribution >= 4 is 29.8 Å². The van der Waals surface area contributed by atoms with Crippen molar-refractivity contribution in [3.63, 3.8) is 0 Å². The maximum absolute atomic E-state index is 12.7. The summed E-state index contributed by atoms with van der Waals surface area (Å²) in [4.78, 5) is 22.8. The Kier molecular flexibility index (Phi) is 7.46. The van der Waals surface area contributed by atoms with Gasteiger partial charge >= 0.3 is 0 Å². The molecule has 136 valence electrons. The van der Waals surface area contributed by atoms with Crippen LogP contribution >= 0.6 is 11.9 Å². The number of aromatic nitrogens is 1. The van der Waals surface area contributed by atoms with E-state index in [0.29, 0.717) is 24.4 Å². The smallest absolute Gasteiger partial charge is 0.228 e. The Bertz CT molecular complexity index is 624. The van der Waals surface area contributed by atoms with E-state index < -0.39 is 0 Å². The summed E-state index contributed by atoms with van der Waals surface area (Å²) in [5, 5.41) is 0.746. The standard InChI is InChI=1S/C18H27N5OS/c1-4-23(18(24)9-11-22(3)25-16-7-8-16)17(14(2)19)13-21-15-6-5-10-20-12-15/h5-6,10,12-13,16H,4,7-9,11,19H2,1-3H3/b17-14+,21-13?. The molecule has 0 saturated heterocycles. The second-order valence-corrected chi connectivity index (χ2v) is 7.58. The summed E-state index contributed by atoms with van der Waals surface area (Å²) >= 11 is 1.84. The first-order valence-corrected chi connectivity index (χ1v) is 9.43. The van der Waals surface area contributed by atoms with Crippen LogP contribution < -0.4 is 5.73 Å². The number of allylic oxidation sites excluding steroid dienone is 2. The average molecular weight is 362 g/mol. The first-order chi connectivity index (χ1) is 12.0. The highest BCUT2D eigenvalue weighted by Crippen LogP contribution is 2.35. The molecule has 1 heterocycles. The minimum Gasteiger partial charge on any atom is -0.401 e. The van der Waals surface area contributed by atoms with Gasteiger partial charge in [0.2, 0.25) is 5.91 Å². The van der Waals surface area contributed by atoms with Gasteiger partial charge < -0.3 is 10.6 Å². The van der Waals surface area contributed by atoms with E-state index in [0.717, 1.165) is 17.5 Å². The lowest BCUT2D eigenvalue weighted by molar-refractivity contribution is -0.128. The van der Waals surface area contributed by atoms with Crippen molar-refractivity contribution in [3.05, 3.63) is 35.9 Å². The van der Waals surface area contributed by atoms with Crippen LogP contribution in [0, 0.1) is 0 Å². The maximum atomic E-state index is 12.7. The van der Waals surface area contributed by atoms with Gasteiger partial charge in [0.15, 0.2) is 0 Å². The Hall–Kier alpha value is -1.86. The molecule has 0 aromatic carbocycles. The third-order valence-electron chi connectivity index (χ3n) is 3.79. The lowest BCUT2D eigenvalue weighted by Crippen LogP contribution is -2.34. The van der Waals surface area contributed by atoms with Crippen molar-refractivity contribution in [2.45, 2.75) is 38.4 Å². The van der Waals surface area contributed by atoms with Crippen LogP contribution in [-0.2, 0) is 4.79 Å². The van der Waals surface area contributed by atoms with E-state index in [4.69, 9.17) is 5.73 Å². The predicted molar refractivity (Wildman–Crippen MR) is 105 cm³/mol. The molecular formula is C18H27N5OS. The molecule has 0 bridgehead atoms. The molecule has 0 aliphatic heterocycles. The molecule has 1 aromatic rings. The van der Waals surface area contributed by atoms with Crippen molar-refractivity contribution in [3.8, 4) is 0 Å². The highest BCUT2D eigenvalue weighted by molar-refractivity contribution is 7.97. The lowest BCUT2D eigenvalue weighted by atomic mass is 10.2. The monoisotopic (exact) mass is 361 g/mol. The molecule has 1 aromatic heterocycles. The van der Waals surface area contributed by atoms with Gasteiger partial charge in [0.05, 0.1) is 23.8 Å². The summed E-state index contributed by atoms with van der Waals surface area (Å²) in [7, 11) is 2.04. The van der Waals surface area contributed by atoms with Crippen molar-refractivity contribution < 1.29 is 4.79 Å². The van der Waals surface area contributed by atoms with E-state index in [2.05, 4.69) is 14.3 Å². The Labute approximate surface area is 154 Å². The van der Waals surface area contributed by atoms with Crippen LogP contribution in [0.3, 0.4) is 0 Å². The quantitative estimate of drug-likeness (QED) is 0.541. The Morgan fingerprint density at radius 2 is 2.28 bits per heavy atom. The number of hydrogen-bond acceptors (Lipinski definition) is 6. The first kappa shape index (κ1) is 19.5. The predicted octanol–water partition coefficient (Wildman–Crippen LogP) is 2.96. The summed E-state index contributed by atoms with van der Waals surface area (Å²) in [6, 6.07) is 3.68. The Morgan fingerprint density at radius 3 is 2.84 bits per heavy atom. The highest BCUT2D eigenvalue weighted by Gasteiger charge is 2.24. The zero-order valence-corrected chi connectivity index (χ0v) is 16.0. The number of pyridine rings is 1. The van der Waals surface area contributed by atoms with Gasteiger partial charge in [-0.05, 0) is 45.9 Å². The van der Waals surface area contributed by atoms with Gasteiger partial charge in [-0.25, -0.2) is 0 Å². The van der Waals surface area contributed by atoms with Gasteiger partial charge in [0.1, 0.15) is 0 Å². The molecule has 0 unspecified atom stereocenters. The summed E-state index contributed by atoms with van der Waals surface area (Å²) < 4.78 is 2.16. The molecule has 1 aliphatic rings. The van der Waals surface area contributed by atoms with Crippen molar-refractivity contribution in [2.75, 3.05) is 20.1 Å². The van der Waals surface area contributed by atoms with Gasteiger partial charge in [0.25, 0.3) is 0 Å². The minimum atomic E-state index is 0.0585. The fourth-order valence-corrected chi connectivity index (χ4v) is 3.35. The van der Waals surface area contributed by atoms with Crippen molar-refractivity contribution in [1.29, 1.82) is 0 Å². The molecule has 2 N–H and O–H groups in total. The van der Waals surface area contributed by atoms with Crippen LogP contribution in [0.25, 0.3) is 0 Å². The molecule has 2 rings (SSSR count). The molecule has 7 heteroatoms. The van der Waals surface area contributed by atoms with Gasteiger partial charge in [-0.2, -0.15) is 0 Å². The second-order valence-electron chi connectivity index (χ2n) is 6.08. The summed E-state index contributed by atoms with van der Waals surface area (Å²) in [5.74, 6) is 0.0585. The molecule has 6 nitrogen and oxygen atoms in total. The van der Waals surface area contributed by atoms with E-state index in [1.807, 2.05) is 38.1 Å². The topological polar surface area (TPSA) is 74.8 Å². The molecule has 25 heavy (non-hydrogen) atoms. The van der Waals surface area contributed by atoms with Crippen molar-refractivity contribution in [2.24, 2.45) is 10.7 Å². The van der Waals surface area contributed by atoms with E-state index in [-0.39, 0.29) is 5.91 Å². The van der Waals surface area contributed by atoms with Gasteiger partial charge in [-0.3, -0.25) is 19.1 Å². The number of amides is 1. The summed E-state index contributed by atoms with van der Waals surface area (Å²) in [6.07, 6.45) is 8.05. The van der Waals surface area contributed by atoms with Crippen LogP contribution in [-0.4, -0.2) is 51.7 Å². The average Bonchev–Trinajstić information content (AvgIpc) is 3.41.